The highest BCUT2D eigenvalue weighted by Crippen LogP contribution is 2.26. The first-order valence-corrected chi connectivity index (χ1v) is 6.22. The van der Waals surface area contributed by atoms with Crippen molar-refractivity contribution in [1.82, 2.24) is 5.32 Å². The Morgan fingerprint density at radius 2 is 1.94 bits per heavy atom. The molecule has 1 heterocycles. The largest absolute Gasteiger partial charge is 0.496 e. The molecule has 1 N–H and O–H groups in total. The number of rotatable bonds is 3. The molecular formula is C14H19NO3. The highest BCUT2D eigenvalue weighted by molar-refractivity contribution is 5.92. The van der Waals surface area contributed by atoms with Crippen LogP contribution < -0.4 is 10.1 Å². The minimum atomic E-state index is -0.372. The Labute approximate surface area is 107 Å². The van der Waals surface area contributed by atoms with Crippen LogP contribution in [0.15, 0.2) is 24.3 Å². The second-order valence-corrected chi connectivity index (χ2v) is 4.79. The van der Waals surface area contributed by atoms with Gasteiger partial charge in [-0.05, 0) is 45.0 Å². The van der Waals surface area contributed by atoms with Crippen LogP contribution in [0.4, 0.5) is 0 Å². The van der Waals surface area contributed by atoms with Crippen molar-refractivity contribution in [1.29, 1.82) is 0 Å². The lowest BCUT2D eigenvalue weighted by Crippen LogP contribution is -2.43. The predicted molar refractivity (Wildman–Crippen MR) is 68.9 cm³/mol. The molecule has 1 saturated heterocycles. The fraction of sp³-hybridized carbons (Fsp3) is 0.500. The number of carbonyl (C=O) groups excluding carboxylic acids is 1. The zero-order valence-corrected chi connectivity index (χ0v) is 10.9. The number of benzene rings is 1. The lowest BCUT2D eigenvalue weighted by Gasteiger charge is -2.33. The summed E-state index contributed by atoms with van der Waals surface area (Å²) in [5.74, 6) is 0.247. The molecule has 1 aliphatic rings. The van der Waals surface area contributed by atoms with E-state index in [0.29, 0.717) is 11.3 Å². The van der Waals surface area contributed by atoms with Gasteiger partial charge in [-0.3, -0.25) is 0 Å². The zero-order valence-electron chi connectivity index (χ0n) is 10.9. The maximum absolute atomic E-state index is 12.2. The molecule has 0 radical (unpaired) electrons. The van der Waals surface area contributed by atoms with E-state index in [1.807, 2.05) is 19.1 Å². The summed E-state index contributed by atoms with van der Waals surface area (Å²) in [6, 6.07) is 7.14. The molecule has 2 rings (SSSR count). The molecule has 0 spiro atoms. The number of methoxy groups -OCH3 is 1. The molecule has 0 atom stereocenters. The van der Waals surface area contributed by atoms with Crippen LogP contribution in [0.5, 0.6) is 5.75 Å². The number of hydrogen-bond donors (Lipinski definition) is 1. The van der Waals surface area contributed by atoms with Gasteiger partial charge >= 0.3 is 5.97 Å². The quantitative estimate of drug-likeness (QED) is 0.832. The van der Waals surface area contributed by atoms with Gasteiger partial charge < -0.3 is 14.8 Å². The number of nitrogens with one attached hydrogen (secondary N) is 1. The van der Waals surface area contributed by atoms with Crippen molar-refractivity contribution < 1.29 is 14.3 Å². The maximum atomic E-state index is 12.2. The molecule has 1 fully saturated rings. The van der Waals surface area contributed by atoms with E-state index >= 15 is 0 Å². The Kier molecular flexibility index (Phi) is 3.87. The van der Waals surface area contributed by atoms with Crippen LogP contribution in [0.3, 0.4) is 0 Å². The van der Waals surface area contributed by atoms with Crippen molar-refractivity contribution >= 4 is 5.97 Å². The number of esters is 1. The second kappa shape index (κ2) is 5.40. The van der Waals surface area contributed by atoms with Crippen molar-refractivity contribution in [2.45, 2.75) is 25.4 Å². The number of carbonyl (C=O) groups is 1. The van der Waals surface area contributed by atoms with E-state index in [2.05, 4.69) is 5.32 Å². The topological polar surface area (TPSA) is 47.6 Å². The van der Waals surface area contributed by atoms with E-state index in [4.69, 9.17) is 9.47 Å². The standard InChI is InChI=1S/C14H19NO3/c1-14(7-9-15-10-8-14)18-13(16)11-5-3-4-6-12(11)17-2/h3-6,15H,7-10H2,1-2H3. The molecule has 1 aromatic carbocycles. The van der Waals surface area contributed by atoms with Gasteiger partial charge in [-0.2, -0.15) is 0 Å². The summed E-state index contributed by atoms with van der Waals surface area (Å²) < 4.78 is 10.8. The average molecular weight is 249 g/mol. The molecule has 18 heavy (non-hydrogen) atoms. The Balaban J connectivity index is 2.11. The van der Waals surface area contributed by atoms with E-state index in [0.717, 1.165) is 25.9 Å². The Bertz CT molecular complexity index is 425. The summed E-state index contributed by atoms with van der Waals surface area (Å²) in [4.78, 5) is 12.2. The van der Waals surface area contributed by atoms with Crippen LogP contribution in [0, 0.1) is 0 Å². The summed E-state index contributed by atoms with van der Waals surface area (Å²) >= 11 is 0. The van der Waals surface area contributed by atoms with Crippen LogP contribution in [0.2, 0.25) is 0 Å². The third kappa shape index (κ3) is 2.82. The monoisotopic (exact) mass is 249 g/mol. The second-order valence-electron chi connectivity index (χ2n) is 4.79. The fourth-order valence-corrected chi connectivity index (χ4v) is 2.15. The van der Waals surface area contributed by atoms with Gasteiger partial charge in [0.25, 0.3) is 0 Å². The van der Waals surface area contributed by atoms with Crippen LogP contribution >= 0.6 is 0 Å². The molecule has 4 heteroatoms. The number of piperidine rings is 1. The first-order valence-electron chi connectivity index (χ1n) is 6.22. The van der Waals surface area contributed by atoms with E-state index in [-0.39, 0.29) is 11.6 Å². The summed E-state index contributed by atoms with van der Waals surface area (Å²) in [7, 11) is 1.55. The molecule has 98 valence electrons. The van der Waals surface area contributed by atoms with Crippen LogP contribution in [-0.4, -0.2) is 31.8 Å². The van der Waals surface area contributed by atoms with Crippen LogP contribution in [-0.2, 0) is 4.74 Å². The van der Waals surface area contributed by atoms with E-state index in [9.17, 15) is 4.79 Å². The molecule has 4 nitrogen and oxygen atoms in total. The minimum absolute atomic E-state index is 0.308. The molecule has 0 bridgehead atoms. The Morgan fingerprint density at radius 1 is 1.28 bits per heavy atom. The van der Waals surface area contributed by atoms with E-state index < -0.39 is 0 Å². The van der Waals surface area contributed by atoms with Crippen LogP contribution in [0.1, 0.15) is 30.1 Å². The van der Waals surface area contributed by atoms with Gasteiger partial charge in [0, 0.05) is 0 Å². The van der Waals surface area contributed by atoms with Gasteiger partial charge in [-0.1, -0.05) is 12.1 Å². The maximum Gasteiger partial charge on any atom is 0.342 e. The van der Waals surface area contributed by atoms with Gasteiger partial charge in [0.15, 0.2) is 0 Å². The number of ether oxygens (including phenoxy) is 2. The third-order valence-electron chi connectivity index (χ3n) is 3.33. The van der Waals surface area contributed by atoms with Gasteiger partial charge in [-0.15, -0.1) is 0 Å². The van der Waals surface area contributed by atoms with Crippen LogP contribution in [0.25, 0.3) is 0 Å². The summed E-state index contributed by atoms with van der Waals surface area (Å²) in [6.45, 7) is 3.76. The number of para-hydroxylation sites is 1. The average Bonchev–Trinajstić information content (AvgIpc) is 2.39. The molecule has 1 aliphatic heterocycles. The molecule has 0 aromatic heterocycles. The number of hydrogen-bond acceptors (Lipinski definition) is 4. The predicted octanol–water partition coefficient (Wildman–Crippen LogP) is 1.99. The Morgan fingerprint density at radius 3 is 2.61 bits per heavy atom. The SMILES string of the molecule is COc1ccccc1C(=O)OC1(C)CCNCC1. The lowest BCUT2D eigenvalue weighted by molar-refractivity contribution is -0.0236. The molecule has 1 aromatic rings. The third-order valence-corrected chi connectivity index (χ3v) is 3.33. The zero-order chi connectivity index (χ0) is 13.0. The minimum Gasteiger partial charge on any atom is -0.496 e. The fourth-order valence-electron chi connectivity index (χ4n) is 2.15. The van der Waals surface area contributed by atoms with E-state index in [1.165, 1.54) is 0 Å². The van der Waals surface area contributed by atoms with Crippen molar-refractivity contribution in [3.05, 3.63) is 29.8 Å². The first-order chi connectivity index (χ1) is 8.64. The smallest absolute Gasteiger partial charge is 0.342 e. The van der Waals surface area contributed by atoms with Crippen molar-refractivity contribution in [2.24, 2.45) is 0 Å². The van der Waals surface area contributed by atoms with Crippen molar-refractivity contribution in [2.75, 3.05) is 20.2 Å². The summed E-state index contributed by atoms with van der Waals surface area (Å²) in [5.41, 5.74) is 0.114. The first kappa shape index (κ1) is 12.9. The van der Waals surface area contributed by atoms with Crippen molar-refractivity contribution in [3.63, 3.8) is 0 Å². The van der Waals surface area contributed by atoms with Gasteiger partial charge in [0.2, 0.25) is 0 Å². The molecule has 0 amide bonds. The van der Waals surface area contributed by atoms with Gasteiger partial charge in [-0.25, -0.2) is 4.79 Å². The molecular weight excluding hydrogens is 230 g/mol. The van der Waals surface area contributed by atoms with Crippen molar-refractivity contribution in [3.8, 4) is 5.75 Å². The molecule has 0 aliphatic carbocycles. The highest BCUT2D eigenvalue weighted by atomic mass is 16.6. The summed E-state index contributed by atoms with van der Waals surface area (Å²) in [6.07, 6.45) is 1.68. The van der Waals surface area contributed by atoms with E-state index in [1.54, 1.807) is 19.2 Å². The molecule has 0 saturated carbocycles. The highest BCUT2D eigenvalue weighted by Gasteiger charge is 2.31. The Hall–Kier alpha value is -1.55. The van der Waals surface area contributed by atoms with Gasteiger partial charge in [0.1, 0.15) is 16.9 Å². The van der Waals surface area contributed by atoms with Gasteiger partial charge in [0.05, 0.1) is 7.11 Å². The lowest BCUT2D eigenvalue weighted by atomic mass is 9.94. The normalized spacial score (nSPS) is 18.1. The summed E-state index contributed by atoms with van der Waals surface area (Å²) in [5, 5.41) is 3.26. The molecule has 0 unspecified atom stereocenters.